The molecule has 0 aliphatic heterocycles. The molecule has 0 spiro atoms. The predicted octanol–water partition coefficient (Wildman–Crippen LogP) is 2.91. The van der Waals surface area contributed by atoms with Crippen LogP contribution in [0.25, 0.3) is 10.9 Å². The molecule has 1 aromatic heterocycles. The van der Waals surface area contributed by atoms with Crippen LogP contribution in [0.15, 0.2) is 46.0 Å². The Hall–Kier alpha value is -3.17. The van der Waals surface area contributed by atoms with Gasteiger partial charge >= 0.3 is 12.1 Å². The number of nitrogens with zero attached hydrogens (tertiary/aromatic N) is 1. The quantitative estimate of drug-likeness (QED) is 0.719. The second kappa shape index (κ2) is 6.28. The van der Waals surface area contributed by atoms with Crippen LogP contribution in [0.5, 0.6) is 5.75 Å². The summed E-state index contributed by atoms with van der Waals surface area (Å²) in [6.45, 7) is -0.311. The fourth-order valence-corrected chi connectivity index (χ4v) is 2.40. The number of benzene rings is 2. The molecule has 3 aromatic rings. The van der Waals surface area contributed by atoms with E-state index < -0.39 is 40.5 Å². The van der Waals surface area contributed by atoms with E-state index in [2.05, 4.69) is 9.72 Å². The fourth-order valence-electron chi connectivity index (χ4n) is 2.40. The smallest absolute Gasteiger partial charge is 0.406 e. The molecule has 0 radical (unpaired) electrons. The number of H-pyrrole nitrogens is 1. The van der Waals surface area contributed by atoms with Gasteiger partial charge in [0, 0.05) is 6.07 Å². The van der Waals surface area contributed by atoms with E-state index in [-0.39, 0.29) is 11.9 Å². The Labute approximate surface area is 141 Å². The lowest BCUT2D eigenvalue weighted by molar-refractivity contribution is -0.274. The van der Waals surface area contributed by atoms with E-state index in [0.29, 0.717) is 16.2 Å². The van der Waals surface area contributed by atoms with Crippen LogP contribution in [0.3, 0.4) is 0 Å². The van der Waals surface area contributed by atoms with Crippen molar-refractivity contribution in [3.63, 3.8) is 0 Å². The van der Waals surface area contributed by atoms with Crippen LogP contribution >= 0.6 is 0 Å². The van der Waals surface area contributed by atoms with Crippen molar-refractivity contribution in [1.82, 2.24) is 9.55 Å². The zero-order valence-corrected chi connectivity index (χ0v) is 12.7. The summed E-state index contributed by atoms with van der Waals surface area (Å²) < 4.78 is 67.8. The summed E-state index contributed by atoms with van der Waals surface area (Å²) in [5.74, 6) is -2.54. The van der Waals surface area contributed by atoms with Gasteiger partial charge in [0.05, 0.1) is 17.4 Å². The Bertz CT molecular complexity index is 1080. The van der Waals surface area contributed by atoms with Crippen molar-refractivity contribution in [3.05, 3.63) is 74.4 Å². The van der Waals surface area contributed by atoms with Crippen LogP contribution in [-0.2, 0) is 6.54 Å². The third-order valence-corrected chi connectivity index (χ3v) is 3.51. The summed E-state index contributed by atoms with van der Waals surface area (Å²) in [6, 6.07) is 5.80. The number of rotatable bonds is 3. The minimum absolute atomic E-state index is 0.309. The first kappa shape index (κ1) is 17.6. The highest BCUT2D eigenvalue weighted by Crippen LogP contribution is 2.22. The standard InChI is InChI=1S/C16H9F5N2O3/c17-9-5-11-13(12(18)6-9)22-15(25)23(14(11)24)7-8-1-3-10(4-2-8)26-16(19,20)21/h1-6H,7H2,(H,22,25). The van der Waals surface area contributed by atoms with E-state index in [0.717, 1.165) is 18.2 Å². The summed E-state index contributed by atoms with van der Waals surface area (Å²) in [5, 5.41) is -0.362. The number of alkyl halides is 3. The van der Waals surface area contributed by atoms with E-state index in [1.807, 2.05) is 0 Å². The van der Waals surface area contributed by atoms with Crippen molar-refractivity contribution in [1.29, 1.82) is 0 Å². The highest BCUT2D eigenvalue weighted by atomic mass is 19.4. The van der Waals surface area contributed by atoms with Crippen LogP contribution < -0.4 is 16.0 Å². The second-order valence-electron chi connectivity index (χ2n) is 5.32. The molecule has 26 heavy (non-hydrogen) atoms. The van der Waals surface area contributed by atoms with E-state index in [9.17, 15) is 31.5 Å². The van der Waals surface area contributed by atoms with Crippen LogP contribution in [0.2, 0.25) is 0 Å². The van der Waals surface area contributed by atoms with Gasteiger partial charge in [0.25, 0.3) is 5.56 Å². The number of halogens is 5. The molecule has 0 atom stereocenters. The lowest BCUT2D eigenvalue weighted by Gasteiger charge is -2.10. The Morgan fingerprint density at radius 2 is 1.69 bits per heavy atom. The first-order chi connectivity index (χ1) is 12.1. The molecule has 136 valence electrons. The van der Waals surface area contributed by atoms with Crippen molar-refractivity contribution in [2.75, 3.05) is 0 Å². The maximum Gasteiger partial charge on any atom is 0.573 e. The third kappa shape index (κ3) is 3.58. The van der Waals surface area contributed by atoms with E-state index in [1.165, 1.54) is 12.1 Å². The van der Waals surface area contributed by atoms with Crippen molar-refractivity contribution in [2.45, 2.75) is 12.9 Å². The molecule has 1 heterocycles. The molecule has 10 heteroatoms. The molecule has 5 nitrogen and oxygen atoms in total. The molecule has 2 aromatic carbocycles. The minimum atomic E-state index is -4.85. The molecule has 0 aliphatic rings. The van der Waals surface area contributed by atoms with Gasteiger partial charge in [-0.3, -0.25) is 9.36 Å². The van der Waals surface area contributed by atoms with E-state index >= 15 is 0 Å². The third-order valence-electron chi connectivity index (χ3n) is 3.51. The first-order valence-corrected chi connectivity index (χ1v) is 7.10. The van der Waals surface area contributed by atoms with Crippen LogP contribution in [-0.4, -0.2) is 15.9 Å². The van der Waals surface area contributed by atoms with Gasteiger partial charge < -0.3 is 9.72 Å². The summed E-state index contributed by atoms with van der Waals surface area (Å²) in [4.78, 5) is 26.5. The zero-order valence-electron chi connectivity index (χ0n) is 12.7. The topological polar surface area (TPSA) is 64.1 Å². The molecule has 0 saturated carbocycles. The number of aromatic amines is 1. The van der Waals surface area contributed by atoms with Gasteiger partial charge in [-0.1, -0.05) is 12.1 Å². The summed E-state index contributed by atoms with van der Waals surface area (Å²) in [5.41, 5.74) is -1.99. The van der Waals surface area contributed by atoms with Gasteiger partial charge in [0.15, 0.2) is 5.82 Å². The molecular weight excluding hydrogens is 363 g/mol. The Morgan fingerprint density at radius 1 is 1.04 bits per heavy atom. The fraction of sp³-hybridized carbons (Fsp3) is 0.125. The zero-order chi connectivity index (χ0) is 19.1. The minimum Gasteiger partial charge on any atom is -0.406 e. The maximum absolute atomic E-state index is 13.7. The Morgan fingerprint density at radius 3 is 2.31 bits per heavy atom. The van der Waals surface area contributed by atoms with Crippen LogP contribution in [0.4, 0.5) is 22.0 Å². The summed E-state index contributed by atoms with van der Waals surface area (Å²) >= 11 is 0. The lowest BCUT2D eigenvalue weighted by atomic mass is 10.2. The summed E-state index contributed by atoms with van der Waals surface area (Å²) in [6.07, 6.45) is -4.85. The highest BCUT2D eigenvalue weighted by molar-refractivity contribution is 5.77. The molecule has 0 fully saturated rings. The van der Waals surface area contributed by atoms with Crippen molar-refractivity contribution in [3.8, 4) is 5.75 Å². The second-order valence-corrected chi connectivity index (χ2v) is 5.32. The summed E-state index contributed by atoms with van der Waals surface area (Å²) in [7, 11) is 0. The Kier molecular flexibility index (Phi) is 4.26. The maximum atomic E-state index is 13.7. The largest absolute Gasteiger partial charge is 0.573 e. The molecular formula is C16H9F5N2O3. The monoisotopic (exact) mass is 372 g/mol. The molecule has 0 saturated heterocycles. The van der Waals surface area contributed by atoms with E-state index in [1.54, 1.807) is 0 Å². The molecule has 0 bridgehead atoms. The molecule has 3 rings (SSSR count). The average Bonchev–Trinajstić information content (AvgIpc) is 2.53. The van der Waals surface area contributed by atoms with Gasteiger partial charge in [-0.15, -0.1) is 13.2 Å². The number of ether oxygens (including phenoxy) is 1. The number of nitrogens with one attached hydrogen (secondary N) is 1. The van der Waals surface area contributed by atoms with Crippen molar-refractivity contribution < 1.29 is 26.7 Å². The van der Waals surface area contributed by atoms with Gasteiger partial charge in [-0.25, -0.2) is 13.6 Å². The number of hydrogen-bond donors (Lipinski definition) is 1. The van der Waals surface area contributed by atoms with Crippen LogP contribution in [0.1, 0.15) is 5.56 Å². The van der Waals surface area contributed by atoms with Crippen molar-refractivity contribution in [2.24, 2.45) is 0 Å². The first-order valence-electron chi connectivity index (χ1n) is 7.10. The van der Waals surface area contributed by atoms with E-state index in [4.69, 9.17) is 0 Å². The molecule has 1 N–H and O–H groups in total. The highest BCUT2D eigenvalue weighted by Gasteiger charge is 2.30. The van der Waals surface area contributed by atoms with Gasteiger partial charge in [0.2, 0.25) is 0 Å². The predicted molar refractivity (Wildman–Crippen MR) is 81.0 cm³/mol. The number of aromatic nitrogens is 2. The lowest BCUT2D eigenvalue weighted by Crippen LogP contribution is -2.35. The van der Waals surface area contributed by atoms with Crippen LogP contribution in [0, 0.1) is 11.6 Å². The SMILES string of the molecule is O=c1[nH]c2c(F)cc(F)cc2c(=O)n1Cc1ccc(OC(F)(F)F)cc1. The number of fused-ring (bicyclic) bond motifs is 1. The van der Waals surface area contributed by atoms with Gasteiger partial charge in [-0.05, 0) is 23.8 Å². The number of hydrogen-bond acceptors (Lipinski definition) is 3. The van der Waals surface area contributed by atoms with Gasteiger partial charge in [-0.2, -0.15) is 0 Å². The average molecular weight is 372 g/mol. The normalized spacial score (nSPS) is 11.7. The molecule has 0 unspecified atom stereocenters. The molecule has 0 amide bonds. The van der Waals surface area contributed by atoms with Gasteiger partial charge in [0.1, 0.15) is 11.6 Å². The Balaban J connectivity index is 1.99. The molecule has 0 aliphatic carbocycles. The van der Waals surface area contributed by atoms with Crippen molar-refractivity contribution >= 4 is 10.9 Å².